The highest BCUT2D eigenvalue weighted by molar-refractivity contribution is 7.99. The predicted octanol–water partition coefficient (Wildman–Crippen LogP) is 4.34. The van der Waals surface area contributed by atoms with Crippen molar-refractivity contribution in [3.05, 3.63) is 54.6 Å². The number of aromatic amines is 1. The average molecular weight is 380 g/mol. The lowest BCUT2D eigenvalue weighted by Crippen LogP contribution is -2.10. The number of nitrogens with one attached hydrogen (secondary N) is 1. The predicted molar refractivity (Wildman–Crippen MR) is 105 cm³/mol. The summed E-state index contributed by atoms with van der Waals surface area (Å²) in [5.41, 5.74) is 2.14. The van der Waals surface area contributed by atoms with Crippen LogP contribution in [-0.4, -0.2) is 38.2 Å². The van der Waals surface area contributed by atoms with Crippen LogP contribution in [0.3, 0.4) is 0 Å². The number of thioether (sulfide) groups is 1. The van der Waals surface area contributed by atoms with Gasteiger partial charge in [-0.3, -0.25) is 4.57 Å². The number of hydrogen-bond donors (Lipinski definition) is 1. The lowest BCUT2D eigenvalue weighted by molar-refractivity contribution is 0.129. The van der Waals surface area contributed by atoms with Crippen LogP contribution in [0.15, 0.2) is 58.4 Å². The number of hydrogen-bond acceptors (Lipinski definition) is 5. The fraction of sp³-hybridized carbons (Fsp3) is 0.300. The molecule has 0 radical (unpaired) electrons. The van der Waals surface area contributed by atoms with Gasteiger partial charge in [-0.1, -0.05) is 30.0 Å². The molecule has 0 unspecified atom stereocenters. The van der Waals surface area contributed by atoms with E-state index < -0.39 is 0 Å². The van der Waals surface area contributed by atoms with Crippen LogP contribution in [0.1, 0.15) is 18.6 Å². The van der Waals surface area contributed by atoms with Gasteiger partial charge in [0, 0.05) is 35.0 Å². The number of benzene rings is 1. The first kappa shape index (κ1) is 16.6. The summed E-state index contributed by atoms with van der Waals surface area (Å²) in [5.74, 6) is 2.62. The highest BCUT2D eigenvalue weighted by Crippen LogP contribution is 2.31. The Morgan fingerprint density at radius 2 is 2.15 bits per heavy atom. The zero-order valence-electron chi connectivity index (χ0n) is 14.8. The van der Waals surface area contributed by atoms with Crippen molar-refractivity contribution in [2.75, 3.05) is 12.4 Å². The summed E-state index contributed by atoms with van der Waals surface area (Å²) in [7, 11) is 0. The van der Waals surface area contributed by atoms with Gasteiger partial charge in [0.05, 0.1) is 18.9 Å². The van der Waals surface area contributed by atoms with Gasteiger partial charge in [0.15, 0.2) is 11.0 Å². The van der Waals surface area contributed by atoms with Crippen molar-refractivity contribution in [2.45, 2.75) is 30.6 Å². The molecule has 3 aromatic heterocycles. The first-order valence-corrected chi connectivity index (χ1v) is 10.1. The summed E-state index contributed by atoms with van der Waals surface area (Å²) in [6.07, 6.45) is 6.27. The van der Waals surface area contributed by atoms with E-state index in [1.165, 1.54) is 0 Å². The van der Waals surface area contributed by atoms with Gasteiger partial charge in [-0.25, -0.2) is 0 Å². The number of H-pyrrole nitrogens is 1. The molecule has 4 aromatic rings. The third kappa shape index (κ3) is 3.28. The number of para-hydroxylation sites is 1. The molecule has 1 aromatic carbocycles. The van der Waals surface area contributed by atoms with Crippen LogP contribution in [0.2, 0.25) is 0 Å². The Bertz CT molecular complexity index is 1030. The van der Waals surface area contributed by atoms with Crippen LogP contribution in [0.25, 0.3) is 22.3 Å². The van der Waals surface area contributed by atoms with Crippen molar-refractivity contribution in [3.63, 3.8) is 0 Å². The smallest absolute Gasteiger partial charge is 0.192 e. The van der Waals surface area contributed by atoms with E-state index in [4.69, 9.17) is 9.15 Å². The lowest BCUT2D eigenvalue weighted by Gasteiger charge is -2.11. The Hall–Kier alpha value is -2.51. The molecule has 138 valence electrons. The molecule has 4 heterocycles. The third-order valence-electron chi connectivity index (χ3n) is 4.86. The van der Waals surface area contributed by atoms with Gasteiger partial charge >= 0.3 is 0 Å². The zero-order chi connectivity index (χ0) is 18.1. The van der Waals surface area contributed by atoms with Gasteiger partial charge in [0.2, 0.25) is 0 Å². The second-order valence-corrected chi connectivity index (χ2v) is 7.65. The van der Waals surface area contributed by atoms with Gasteiger partial charge < -0.3 is 14.1 Å². The highest BCUT2D eigenvalue weighted by atomic mass is 32.2. The maximum absolute atomic E-state index is 5.76. The van der Waals surface area contributed by atoms with Crippen LogP contribution >= 0.6 is 11.8 Å². The molecular formula is C20H20N4O2S. The summed E-state index contributed by atoms with van der Waals surface area (Å²) in [4.78, 5) is 3.33. The van der Waals surface area contributed by atoms with Crippen LogP contribution in [0, 0.1) is 0 Å². The SMILES string of the molecule is c1coc(Cn2c(SC[C@@H]3CCCO3)nnc2-c2c[nH]c3ccccc23)c1. The Balaban J connectivity index is 1.51. The number of aromatic nitrogens is 4. The van der Waals surface area contributed by atoms with Crippen molar-refractivity contribution in [1.29, 1.82) is 0 Å². The second kappa shape index (κ2) is 7.25. The van der Waals surface area contributed by atoms with E-state index in [0.717, 1.165) is 58.4 Å². The molecule has 1 atom stereocenters. The van der Waals surface area contributed by atoms with Crippen molar-refractivity contribution in [2.24, 2.45) is 0 Å². The van der Waals surface area contributed by atoms with Crippen LogP contribution in [-0.2, 0) is 11.3 Å². The Kier molecular flexibility index (Phi) is 4.47. The van der Waals surface area contributed by atoms with E-state index in [2.05, 4.69) is 31.9 Å². The molecule has 0 spiro atoms. The number of fused-ring (bicyclic) bond motifs is 1. The quantitative estimate of drug-likeness (QED) is 0.504. The lowest BCUT2D eigenvalue weighted by atomic mass is 10.1. The Labute approximate surface area is 160 Å². The normalized spacial score (nSPS) is 17.1. The topological polar surface area (TPSA) is 68.9 Å². The maximum atomic E-state index is 5.76. The van der Waals surface area contributed by atoms with E-state index >= 15 is 0 Å². The molecule has 0 aliphatic carbocycles. The maximum Gasteiger partial charge on any atom is 0.192 e. The minimum atomic E-state index is 0.306. The van der Waals surface area contributed by atoms with Crippen molar-refractivity contribution < 1.29 is 9.15 Å². The summed E-state index contributed by atoms with van der Waals surface area (Å²) in [5, 5.41) is 11.0. The van der Waals surface area contributed by atoms with E-state index in [1.807, 2.05) is 30.5 Å². The first-order valence-electron chi connectivity index (χ1n) is 9.15. The molecule has 1 saturated heterocycles. The summed E-state index contributed by atoms with van der Waals surface area (Å²) >= 11 is 1.70. The first-order chi connectivity index (χ1) is 13.4. The van der Waals surface area contributed by atoms with E-state index in [0.29, 0.717) is 12.6 Å². The molecule has 0 amide bonds. The monoisotopic (exact) mass is 380 g/mol. The molecule has 7 heteroatoms. The fourth-order valence-corrected chi connectivity index (χ4v) is 4.50. The molecule has 1 fully saturated rings. The zero-order valence-corrected chi connectivity index (χ0v) is 15.6. The van der Waals surface area contributed by atoms with Crippen LogP contribution < -0.4 is 0 Å². The number of nitrogens with zero attached hydrogens (tertiary/aromatic N) is 3. The van der Waals surface area contributed by atoms with Crippen LogP contribution in [0.5, 0.6) is 0 Å². The second-order valence-electron chi connectivity index (χ2n) is 6.67. The van der Waals surface area contributed by atoms with Crippen molar-refractivity contribution >= 4 is 22.7 Å². The molecule has 6 nitrogen and oxygen atoms in total. The molecule has 0 saturated carbocycles. The van der Waals surface area contributed by atoms with E-state index in [9.17, 15) is 0 Å². The minimum absolute atomic E-state index is 0.306. The largest absolute Gasteiger partial charge is 0.467 e. The van der Waals surface area contributed by atoms with E-state index in [1.54, 1.807) is 18.0 Å². The Morgan fingerprint density at radius 3 is 3.00 bits per heavy atom. The number of furan rings is 1. The Morgan fingerprint density at radius 1 is 1.19 bits per heavy atom. The third-order valence-corrected chi connectivity index (χ3v) is 5.96. The highest BCUT2D eigenvalue weighted by Gasteiger charge is 2.21. The van der Waals surface area contributed by atoms with Gasteiger partial charge in [-0.15, -0.1) is 10.2 Å². The molecular weight excluding hydrogens is 360 g/mol. The van der Waals surface area contributed by atoms with Gasteiger partial charge in [-0.2, -0.15) is 0 Å². The molecule has 1 N–H and O–H groups in total. The summed E-state index contributed by atoms with van der Waals surface area (Å²) in [6, 6.07) is 12.1. The standard InChI is InChI=1S/C20H20N4O2S/c1-2-8-18-16(7-1)17(11-21-18)19-22-23-20(27-13-15-6-4-10-26-15)24(19)12-14-5-3-9-25-14/h1-3,5,7-9,11,15,21H,4,6,10,12-13H2/t15-/m0/s1. The van der Waals surface area contributed by atoms with Gasteiger partial charge in [0.25, 0.3) is 0 Å². The molecule has 5 rings (SSSR count). The summed E-state index contributed by atoms with van der Waals surface area (Å²) < 4.78 is 13.5. The van der Waals surface area contributed by atoms with Crippen molar-refractivity contribution in [1.82, 2.24) is 19.7 Å². The fourth-order valence-electron chi connectivity index (χ4n) is 3.50. The molecule has 27 heavy (non-hydrogen) atoms. The minimum Gasteiger partial charge on any atom is -0.467 e. The van der Waals surface area contributed by atoms with E-state index in [-0.39, 0.29) is 0 Å². The molecule has 1 aliphatic rings. The molecule has 1 aliphatic heterocycles. The molecule has 0 bridgehead atoms. The van der Waals surface area contributed by atoms with Crippen LogP contribution in [0.4, 0.5) is 0 Å². The average Bonchev–Trinajstić information content (AvgIpc) is 3.48. The van der Waals surface area contributed by atoms with Crippen molar-refractivity contribution in [3.8, 4) is 11.4 Å². The van der Waals surface area contributed by atoms with Gasteiger partial charge in [0.1, 0.15) is 5.76 Å². The summed E-state index contributed by atoms with van der Waals surface area (Å²) in [6.45, 7) is 1.47. The number of ether oxygens (including phenoxy) is 1. The number of rotatable bonds is 6. The van der Waals surface area contributed by atoms with Gasteiger partial charge in [-0.05, 0) is 31.0 Å².